The van der Waals surface area contributed by atoms with Crippen molar-refractivity contribution >= 4 is 5.91 Å². The third-order valence-corrected chi connectivity index (χ3v) is 2.09. The zero-order valence-corrected chi connectivity index (χ0v) is 8.74. The summed E-state index contributed by atoms with van der Waals surface area (Å²) in [4.78, 5) is 11.4. The summed E-state index contributed by atoms with van der Waals surface area (Å²) in [5, 5.41) is 2.52. The van der Waals surface area contributed by atoms with Crippen LogP contribution in [0.4, 0.5) is 4.39 Å². The first-order chi connectivity index (χ1) is 7.65. The number of nitrogens with one attached hydrogen (secondary N) is 1. The van der Waals surface area contributed by atoms with E-state index in [1.165, 1.54) is 6.07 Å². The van der Waals surface area contributed by atoms with Gasteiger partial charge in [0.05, 0.1) is 6.04 Å². The highest BCUT2D eigenvalue weighted by Gasteiger charge is 2.11. The number of terminal acetylenes is 1. The van der Waals surface area contributed by atoms with E-state index < -0.39 is 6.04 Å². The van der Waals surface area contributed by atoms with E-state index in [-0.39, 0.29) is 24.7 Å². The maximum atomic E-state index is 13.2. The minimum absolute atomic E-state index is 0.115. The first-order valence-electron chi connectivity index (χ1n) is 4.85. The molecule has 1 aromatic carbocycles. The molecule has 1 unspecified atom stereocenters. The predicted molar refractivity (Wildman–Crippen MR) is 59.7 cm³/mol. The summed E-state index contributed by atoms with van der Waals surface area (Å²) >= 11 is 0. The van der Waals surface area contributed by atoms with E-state index in [0.717, 1.165) is 0 Å². The van der Waals surface area contributed by atoms with Crippen LogP contribution in [-0.4, -0.2) is 11.9 Å². The van der Waals surface area contributed by atoms with Crippen molar-refractivity contribution in [3.63, 3.8) is 0 Å². The van der Waals surface area contributed by atoms with E-state index >= 15 is 0 Å². The largest absolute Gasteiger partial charge is 0.351 e. The molecule has 0 heterocycles. The second kappa shape index (κ2) is 5.89. The van der Waals surface area contributed by atoms with Crippen molar-refractivity contribution < 1.29 is 9.18 Å². The summed E-state index contributed by atoms with van der Waals surface area (Å²) in [6, 6.07) is 5.48. The normalized spacial score (nSPS) is 11.6. The Morgan fingerprint density at radius 1 is 1.56 bits per heavy atom. The number of nitrogens with two attached hydrogens (primary N) is 1. The molecule has 84 valence electrons. The van der Waals surface area contributed by atoms with Crippen molar-refractivity contribution in [1.29, 1.82) is 0 Å². The number of hydrogen-bond donors (Lipinski definition) is 2. The number of carbonyl (C=O) groups excluding carboxylic acids is 1. The van der Waals surface area contributed by atoms with Crippen LogP contribution in [-0.2, 0) is 11.3 Å². The first-order valence-corrected chi connectivity index (χ1v) is 4.85. The third kappa shape index (κ3) is 3.37. The fourth-order valence-electron chi connectivity index (χ4n) is 1.17. The molecule has 1 aromatic rings. The lowest BCUT2D eigenvalue weighted by atomic mass is 10.2. The molecule has 3 nitrogen and oxygen atoms in total. The molecule has 0 saturated carbocycles. The lowest BCUT2D eigenvalue weighted by Crippen LogP contribution is -2.40. The fourth-order valence-corrected chi connectivity index (χ4v) is 1.17. The quantitative estimate of drug-likeness (QED) is 0.737. The molecule has 0 saturated heterocycles. The maximum Gasteiger partial charge on any atom is 0.238 e. The molecular weight excluding hydrogens is 207 g/mol. The number of hydrogen-bond acceptors (Lipinski definition) is 2. The van der Waals surface area contributed by atoms with Gasteiger partial charge in [0.25, 0.3) is 0 Å². The van der Waals surface area contributed by atoms with Gasteiger partial charge in [-0.15, -0.1) is 12.3 Å². The number of benzene rings is 1. The highest BCUT2D eigenvalue weighted by molar-refractivity contribution is 5.81. The summed E-state index contributed by atoms with van der Waals surface area (Å²) in [6.07, 6.45) is 5.20. The van der Waals surface area contributed by atoms with Crippen molar-refractivity contribution in [2.45, 2.75) is 19.0 Å². The van der Waals surface area contributed by atoms with Crippen LogP contribution >= 0.6 is 0 Å². The zero-order valence-electron chi connectivity index (χ0n) is 8.74. The SMILES string of the molecule is C#CCC(N)C(=O)NCc1ccccc1F. The van der Waals surface area contributed by atoms with Gasteiger partial charge in [0.1, 0.15) is 5.82 Å². The topological polar surface area (TPSA) is 55.1 Å². The number of rotatable bonds is 4. The molecule has 0 aliphatic rings. The Morgan fingerprint density at radius 2 is 2.25 bits per heavy atom. The highest BCUT2D eigenvalue weighted by Crippen LogP contribution is 2.05. The lowest BCUT2D eigenvalue weighted by Gasteiger charge is -2.09. The van der Waals surface area contributed by atoms with Gasteiger partial charge in [-0.1, -0.05) is 18.2 Å². The van der Waals surface area contributed by atoms with Crippen LogP contribution in [0.1, 0.15) is 12.0 Å². The second-order valence-electron chi connectivity index (χ2n) is 3.32. The molecule has 4 heteroatoms. The summed E-state index contributed by atoms with van der Waals surface area (Å²) in [5.74, 6) is 1.57. The number of halogens is 1. The molecular formula is C12H13FN2O. The summed E-state index contributed by atoms with van der Waals surface area (Å²) < 4.78 is 13.2. The highest BCUT2D eigenvalue weighted by atomic mass is 19.1. The Kier molecular flexibility index (Phi) is 4.49. The van der Waals surface area contributed by atoms with Gasteiger partial charge in [-0.2, -0.15) is 0 Å². The molecule has 1 amide bonds. The molecule has 0 fully saturated rings. The second-order valence-corrected chi connectivity index (χ2v) is 3.32. The van der Waals surface area contributed by atoms with Gasteiger partial charge in [0.2, 0.25) is 5.91 Å². The predicted octanol–water partition coefficient (Wildman–Crippen LogP) is 0.792. The summed E-state index contributed by atoms with van der Waals surface area (Å²) in [6.45, 7) is 0.115. The number of amides is 1. The van der Waals surface area contributed by atoms with Crippen molar-refractivity contribution in [1.82, 2.24) is 5.32 Å². The van der Waals surface area contributed by atoms with Crippen LogP contribution in [0.25, 0.3) is 0 Å². The smallest absolute Gasteiger partial charge is 0.238 e. The Balaban J connectivity index is 2.50. The minimum Gasteiger partial charge on any atom is -0.351 e. The fraction of sp³-hybridized carbons (Fsp3) is 0.250. The molecule has 0 bridgehead atoms. The molecule has 16 heavy (non-hydrogen) atoms. The maximum absolute atomic E-state index is 13.2. The van der Waals surface area contributed by atoms with Crippen LogP contribution in [0, 0.1) is 18.2 Å². The van der Waals surface area contributed by atoms with E-state index in [1.54, 1.807) is 18.2 Å². The van der Waals surface area contributed by atoms with Gasteiger partial charge in [-0.3, -0.25) is 4.79 Å². The van der Waals surface area contributed by atoms with Crippen molar-refractivity contribution in [3.05, 3.63) is 35.6 Å². The summed E-state index contributed by atoms with van der Waals surface area (Å²) in [7, 11) is 0. The Morgan fingerprint density at radius 3 is 2.88 bits per heavy atom. The van der Waals surface area contributed by atoms with E-state index in [1.807, 2.05) is 0 Å². The van der Waals surface area contributed by atoms with E-state index in [2.05, 4.69) is 11.2 Å². The molecule has 3 N–H and O–H groups in total. The molecule has 0 spiro atoms. The average molecular weight is 220 g/mol. The van der Waals surface area contributed by atoms with E-state index in [9.17, 15) is 9.18 Å². The average Bonchev–Trinajstić information content (AvgIpc) is 2.28. The van der Waals surface area contributed by atoms with Crippen LogP contribution in [0.3, 0.4) is 0 Å². The van der Waals surface area contributed by atoms with Gasteiger partial charge in [0, 0.05) is 18.5 Å². The Labute approximate surface area is 93.8 Å². The van der Waals surface area contributed by atoms with Gasteiger partial charge < -0.3 is 11.1 Å². The molecule has 0 radical (unpaired) electrons. The van der Waals surface area contributed by atoms with E-state index in [0.29, 0.717) is 5.56 Å². The van der Waals surface area contributed by atoms with Gasteiger partial charge in [-0.05, 0) is 6.07 Å². The van der Waals surface area contributed by atoms with Crippen LogP contribution in [0.5, 0.6) is 0 Å². The molecule has 0 aliphatic carbocycles. The van der Waals surface area contributed by atoms with Crippen LogP contribution in [0.2, 0.25) is 0 Å². The Bertz CT molecular complexity index is 412. The lowest BCUT2D eigenvalue weighted by molar-refractivity contribution is -0.122. The van der Waals surface area contributed by atoms with Gasteiger partial charge >= 0.3 is 0 Å². The van der Waals surface area contributed by atoms with Gasteiger partial charge in [0.15, 0.2) is 0 Å². The minimum atomic E-state index is -0.739. The molecule has 1 rings (SSSR count). The van der Waals surface area contributed by atoms with Gasteiger partial charge in [-0.25, -0.2) is 4.39 Å². The summed E-state index contributed by atoms with van der Waals surface area (Å²) in [5.41, 5.74) is 5.90. The number of carbonyl (C=O) groups is 1. The molecule has 1 atom stereocenters. The van der Waals surface area contributed by atoms with E-state index in [4.69, 9.17) is 12.2 Å². The van der Waals surface area contributed by atoms with Crippen molar-refractivity contribution in [2.75, 3.05) is 0 Å². The zero-order chi connectivity index (χ0) is 12.0. The van der Waals surface area contributed by atoms with Crippen molar-refractivity contribution in [2.24, 2.45) is 5.73 Å². The van der Waals surface area contributed by atoms with Crippen LogP contribution in [0.15, 0.2) is 24.3 Å². The Hall–Kier alpha value is -1.86. The monoisotopic (exact) mass is 220 g/mol. The molecule has 0 aromatic heterocycles. The third-order valence-electron chi connectivity index (χ3n) is 2.09. The van der Waals surface area contributed by atoms with Crippen molar-refractivity contribution in [3.8, 4) is 12.3 Å². The standard InChI is InChI=1S/C12H13FN2O/c1-2-5-11(14)12(16)15-8-9-6-3-4-7-10(9)13/h1,3-4,6-7,11H,5,8,14H2,(H,15,16). The molecule has 0 aliphatic heterocycles. The first kappa shape index (κ1) is 12.2. The van der Waals surface area contributed by atoms with Crippen LogP contribution < -0.4 is 11.1 Å².